The number of amides is 1. The summed E-state index contributed by atoms with van der Waals surface area (Å²) in [5, 5.41) is 2.72. The van der Waals surface area contributed by atoms with Gasteiger partial charge in [-0.05, 0) is 44.0 Å². The maximum atomic E-state index is 12.2. The first-order chi connectivity index (χ1) is 10.2. The minimum atomic E-state index is -3.54. The summed E-state index contributed by atoms with van der Waals surface area (Å²) in [6.07, 6.45) is 6.56. The Morgan fingerprint density at radius 3 is 2.36 bits per heavy atom. The van der Waals surface area contributed by atoms with Crippen LogP contribution < -0.4 is 5.32 Å². The largest absolute Gasteiger partial charge is 0.322 e. The van der Waals surface area contributed by atoms with Crippen LogP contribution in [-0.2, 0) is 14.8 Å². The van der Waals surface area contributed by atoms with E-state index in [0.29, 0.717) is 5.69 Å². The third-order valence-corrected chi connectivity index (χ3v) is 5.02. The average molecular weight is 322 g/mol. The number of anilines is 1. The van der Waals surface area contributed by atoms with E-state index in [-0.39, 0.29) is 10.8 Å². The second-order valence-electron chi connectivity index (χ2n) is 5.07. The Kier molecular flexibility index (Phi) is 6.08. The number of rotatable bonds is 5. The Labute approximate surface area is 132 Å². The molecular formula is C16H22N2O3S. The fourth-order valence-electron chi connectivity index (χ4n) is 1.74. The molecule has 0 spiro atoms. The molecule has 1 aromatic rings. The van der Waals surface area contributed by atoms with Crippen molar-refractivity contribution in [3.05, 3.63) is 47.6 Å². The van der Waals surface area contributed by atoms with E-state index in [0.717, 1.165) is 15.4 Å². The summed E-state index contributed by atoms with van der Waals surface area (Å²) in [6.45, 7) is 5.51. The zero-order valence-corrected chi connectivity index (χ0v) is 14.4. The lowest BCUT2D eigenvalue weighted by Gasteiger charge is -2.16. The van der Waals surface area contributed by atoms with E-state index in [1.807, 2.05) is 26.8 Å². The molecule has 0 bridgehead atoms. The first kappa shape index (κ1) is 18.1. The SMILES string of the molecule is C/C=C/C=C/C(=O)Nc1cc(S(=O)(=O)N(C)C)cc(C)c1C. The number of carbonyl (C=O) groups is 1. The zero-order chi connectivity index (χ0) is 16.9. The van der Waals surface area contributed by atoms with Gasteiger partial charge in [-0.1, -0.05) is 18.2 Å². The van der Waals surface area contributed by atoms with E-state index in [1.165, 1.54) is 26.2 Å². The number of allylic oxidation sites excluding steroid dienone is 3. The van der Waals surface area contributed by atoms with Crippen LogP contribution in [0, 0.1) is 13.8 Å². The van der Waals surface area contributed by atoms with Crippen LogP contribution in [0.4, 0.5) is 5.69 Å². The average Bonchev–Trinajstić information content (AvgIpc) is 2.43. The number of sulfonamides is 1. The van der Waals surface area contributed by atoms with Crippen LogP contribution in [0.3, 0.4) is 0 Å². The highest BCUT2D eigenvalue weighted by molar-refractivity contribution is 7.89. The molecule has 0 saturated heterocycles. The van der Waals surface area contributed by atoms with Crippen molar-refractivity contribution in [1.29, 1.82) is 0 Å². The van der Waals surface area contributed by atoms with Gasteiger partial charge in [-0.25, -0.2) is 12.7 Å². The van der Waals surface area contributed by atoms with Gasteiger partial charge in [0.2, 0.25) is 15.9 Å². The highest BCUT2D eigenvalue weighted by Gasteiger charge is 2.19. The van der Waals surface area contributed by atoms with E-state index in [1.54, 1.807) is 18.2 Å². The first-order valence-corrected chi connectivity index (χ1v) is 8.28. The zero-order valence-electron chi connectivity index (χ0n) is 13.5. The molecule has 6 heteroatoms. The van der Waals surface area contributed by atoms with Gasteiger partial charge >= 0.3 is 0 Å². The number of nitrogens with one attached hydrogen (secondary N) is 1. The van der Waals surface area contributed by atoms with Gasteiger partial charge in [-0.2, -0.15) is 0 Å². The summed E-state index contributed by atoms with van der Waals surface area (Å²) in [7, 11) is -0.593. The van der Waals surface area contributed by atoms with E-state index in [9.17, 15) is 13.2 Å². The summed E-state index contributed by atoms with van der Waals surface area (Å²) >= 11 is 0. The van der Waals surface area contributed by atoms with E-state index < -0.39 is 10.0 Å². The maximum Gasteiger partial charge on any atom is 0.248 e. The highest BCUT2D eigenvalue weighted by Crippen LogP contribution is 2.25. The second-order valence-corrected chi connectivity index (χ2v) is 7.23. The second kappa shape index (κ2) is 7.38. The molecule has 1 aromatic carbocycles. The molecule has 22 heavy (non-hydrogen) atoms. The van der Waals surface area contributed by atoms with Crippen LogP contribution in [0.5, 0.6) is 0 Å². The molecule has 1 N–H and O–H groups in total. The lowest BCUT2D eigenvalue weighted by molar-refractivity contribution is -0.111. The molecule has 0 unspecified atom stereocenters. The van der Waals surface area contributed by atoms with Crippen molar-refractivity contribution in [2.45, 2.75) is 25.7 Å². The van der Waals surface area contributed by atoms with Crippen molar-refractivity contribution >= 4 is 21.6 Å². The number of aryl methyl sites for hydroxylation is 1. The standard InChI is InChI=1S/C16H22N2O3S/c1-6-7-8-9-16(19)17-15-11-14(10-12(2)13(15)3)22(20,21)18(4)5/h6-11H,1-5H3,(H,17,19)/b7-6+,9-8+. The molecule has 0 aromatic heterocycles. The van der Waals surface area contributed by atoms with Gasteiger partial charge in [0.05, 0.1) is 4.90 Å². The Hall–Kier alpha value is -1.92. The van der Waals surface area contributed by atoms with Crippen molar-refractivity contribution < 1.29 is 13.2 Å². The molecule has 0 atom stereocenters. The summed E-state index contributed by atoms with van der Waals surface area (Å²) in [6, 6.07) is 3.09. The quantitative estimate of drug-likeness (QED) is 0.669. The number of benzene rings is 1. The van der Waals surface area contributed by atoms with E-state index >= 15 is 0 Å². The van der Waals surface area contributed by atoms with Crippen LogP contribution in [-0.4, -0.2) is 32.7 Å². The molecule has 0 heterocycles. The lowest BCUT2D eigenvalue weighted by Crippen LogP contribution is -2.22. The molecule has 0 saturated carbocycles. The van der Waals surface area contributed by atoms with Gasteiger partial charge in [0.15, 0.2) is 0 Å². The maximum absolute atomic E-state index is 12.2. The normalized spacial score (nSPS) is 12.5. The highest BCUT2D eigenvalue weighted by atomic mass is 32.2. The van der Waals surface area contributed by atoms with Crippen LogP contribution in [0.25, 0.3) is 0 Å². The number of nitrogens with zero attached hydrogens (tertiary/aromatic N) is 1. The fraction of sp³-hybridized carbons (Fsp3) is 0.312. The third-order valence-electron chi connectivity index (χ3n) is 3.23. The lowest BCUT2D eigenvalue weighted by atomic mass is 10.1. The van der Waals surface area contributed by atoms with Crippen molar-refractivity contribution in [3.63, 3.8) is 0 Å². The Bertz CT molecular complexity index is 717. The van der Waals surface area contributed by atoms with Crippen molar-refractivity contribution in [2.75, 3.05) is 19.4 Å². The molecule has 120 valence electrons. The van der Waals surface area contributed by atoms with Gasteiger partial charge < -0.3 is 5.32 Å². The van der Waals surface area contributed by atoms with Gasteiger partial charge in [-0.15, -0.1) is 0 Å². The van der Waals surface area contributed by atoms with Gasteiger partial charge in [0.25, 0.3) is 0 Å². The summed E-state index contributed by atoms with van der Waals surface area (Å²) in [5.41, 5.74) is 2.14. The van der Waals surface area contributed by atoms with Crippen LogP contribution >= 0.6 is 0 Å². The van der Waals surface area contributed by atoms with Gasteiger partial charge in [-0.3, -0.25) is 4.79 Å². The molecule has 0 radical (unpaired) electrons. The monoisotopic (exact) mass is 322 g/mol. The molecule has 1 rings (SSSR count). The molecule has 0 fully saturated rings. The molecule has 1 amide bonds. The van der Waals surface area contributed by atoms with Crippen LogP contribution in [0.15, 0.2) is 41.3 Å². The minimum absolute atomic E-state index is 0.160. The Morgan fingerprint density at radius 1 is 1.18 bits per heavy atom. The predicted octanol–water partition coefficient (Wildman–Crippen LogP) is 2.62. The Morgan fingerprint density at radius 2 is 1.82 bits per heavy atom. The van der Waals surface area contributed by atoms with Crippen molar-refractivity contribution in [1.82, 2.24) is 4.31 Å². The van der Waals surface area contributed by atoms with Crippen LogP contribution in [0.2, 0.25) is 0 Å². The minimum Gasteiger partial charge on any atom is -0.322 e. The van der Waals surface area contributed by atoms with Gasteiger partial charge in [0, 0.05) is 25.9 Å². The first-order valence-electron chi connectivity index (χ1n) is 6.84. The molecular weight excluding hydrogens is 300 g/mol. The number of hydrogen-bond acceptors (Lipinski definition) is 3. The van der Waals surface area contributed by atoms with Gasteiger partial charge in [0.1, 0.15) is 0 Å². The number of hydrogen-bond donors (Lipinski definition) is 1. The Balaban J connectivity index is 3.21. The number of carbonyl (C=O) groups excluding carboxylic acids is 1. The smallest absolute Gasteiger partial charge is 0.248 e. The molecule has 0 aliphatic rings. The van der Waals surface area contributed by atoms with E-state index in [2.05, 4.69) is 5.32 Å². The van der Waals surface area contributed by atoms with Crippen LogP contribution in [0.1, 0.15) is 18.1 Å². The third kappa shape index (κ3) is 4.29. The molecule has 0 aliphatic heterocycles. The molecule has 0 aliphatic carbocycles. The predicted molar refractivity (Wildman–Crippen MR) is 89.4 cm³/mol. The van der Waals surface area contributed by atoms with E-state index in [4.69, 9.17) is 0 Å². The molecule has 5 nitrogen and oxygen atoms in total. The summed E-state index contributed by atoms with van der Waals surface area (Å²) < 4.78 is 25.6. The topological polar surface area (TPSA) is 66.5 Å². The van der Waals surface area contributed by atoms with Crippen molar-refractivity contribution in [2.24, 2.45) is 0 Å². The fourth-order valence-corrected chi connectivity index (χ4v) is 2.76. The van der Waals surface area contributed by atoms with Crippen molar-refractivity contribution in [3.8, 4) is 0 Å². The summed E-state index contributed by atoms with van der Waals surface area (Å²) in [4.78, 5) is 12.0. The summed E-state index contributed by atoms with van der Waals surface area (Å²) in [5.74, 6) is -0.306.